The molecule has 0 fully saturated rings. The maximum Gasteiger partial charge on any atom is 0.246 e. The molecule has 5 heteroatoms. The first-order valence-electron chi connectivity index (χ1n) is 7.49. The zero-order chi connectivity index (χ0) is 14.9. The van der Waals surface area contributed by atoms with Gasteiger partial charge in [-0.15, -0.1) is 5.10 Å². The van der Waals surface area contributed by atoms with E-state index in [2.05, 4.69) is 27.8 Å². The highest BCUT2D eigenvalue weighted by Crippen LogP contribution is 2.24. The molecule has 1 amide bonds. The molecular formula is C17H16N4O. The van der Waals surface area contributed by atoms with E-state index in [1.807, 2.05) is 30.3 Å². The van der Waals surface area contributed by atoms with Gasteiger partial charge in [0.25, 0.3) is 0 Å². The van der Waals surface area contributed by atoms with E-state index < -0.39 is 0 Å². The second kappa shape index (κ2) is 5.26. The Morgan fingerprint density at radius 1 is 1.14 bits per heavy atom. The Morgan fingerprint density at radius 2 is 2.00 bits per heavy atom. The summed E-state index contributed by atoms with van der Waals surface area (Å²) < 4.78 is 1.62. The highest BCUT2D eigenvalue weighted by atomic mass is 16.2. The number of benzene rings is 2. The Kier molecular flexibility index (Phi) is 3.11. The molecular weight excluding hydrogens is 276 g/mol. The molecule has 5 nitrogen and oxygen atoms in total. The summed E-state index contributed by atoms with van der Waals surface area (Å²) in [5.74, 6) is -0.0893. The molecule has 0 aliphatic heterocycles. The number of nitrogens with one attached hydrogen (secondary N) is 1. The van der Waals surface area contributed by atoms with Crippen molar-refractivity contribution < 1.29 is 4.79 Å². The van der Waals surface area contributed by atoms with Crippen LogP contribution in [-0.4, -0.2) is 20.9 Å². The predicted octanol–water partition coefficient (Wildman–Crippen LogP) is 2.56. The van der Waals surface area contributed by atoms with E-state index in [4.69, 9.17) is 0 Å². The number of para-hydroxylation sites is 1. The molecule has 0 bridgehead atoms. The Balaban J connectivity index is 1.51. The molecule has 1 heterocycles. The monoisotopic (exact) mass is 292 g/mol. The molecule has 4 rings (SSSR count). The SMILES string of the molecule is O=C(Cn1nnc2ccccc21)Nc1ccc2c(c1)CCC2. The Bertz CT molecular complexity index is 853. The summed E-state index contributed by atoms with van der Waals surface area (Å²) in [6.45, 7) is 0.164. The number of rotatable bonds is 3. The van der Waals surface area contributed by atoms with Crippen LogP contribution in [0, 0.1) is 0 Å². The summed E-state index contributed by atoms with van der Waals surface area (Å²) in [5, 5.41) is 11.0. The van der Waals surface area contributed by atoms with Gasteiger partial charge in [0.05, 0.1) is 5.52 Å². The summed E-state index contributed by atoms with van der Waals surface area (Å²) in [6.07, 6.45) is 3.46. The lowest BCUT2D eigenvalue weighted by Crippen LogP contribution is -2.19. The molecule has 1 N–H and O–H groups in total. The minimum absolute atomic E-state index is 0.0893. The van der Waals surface area contributed by atoms with Crippen molar-refractivity contribution in [2.24, 2.45) is 0 Å². The van der Waals surface area contributed by atoms with Gasteiger partial charge in [0.2, 0.25) is 5.91 Å². The summed E-state index contributed by atoms with van der Waals surface area (Å²) in [5.41, 5.74) is 5.28. The van der Waals surface area contributed by atoms with Gasteiger partial charge in [0, 0.05) is 5.69 Å². The van der Waals surface area contributed by atoms with Crippen molar-refractivity contribution in [3.05, 3.63) is 53.6 Å². The number of hydrogen-bond acceptors (Lipinski definition) is 3. The predicted molar refractivity (Wildman–Crippen MR) is 84.6 cm³/mol. The van der Waals surface area contributed by atoms with Crippen molar-refractivity contribution in [2.45, 2.75) is 25.8 Å². The van der Waals surface area contributed by atoms with Crippen LogP contribution in [0.15, 0.2) is 42.5 Å². The van der Waals surface area contributed by atoms with Crippen LogP contribution in [0.5, 0.6) is 0 Å². The van der Waals surface area contributed by atoms with Gasteiger partial charge in [-0.3, -0.25) is 4.79 Å². The van der Waals surface area contributed by atoms with Crippen LogP contribution in [0.2, 0.25) is 0 Å². The van der Waals surface area contributed by atoms with Crippen LogP contribution < -0.4 is 5.32 Å². The summed E-state index contributed by atoms with van der Waals surface area (Å²) in [4.78, 5) is 12.2. The molecule has 0 unspecified atom stereocenters. The van der Waals surface area contributed by atoms with E-state index in [1.54, 1.807) is 4.68 Å². The molecule has 22 heavy (non-hydrogen) atoms. The van der Waals surface area contributed by atoms with E-state index in [0.717, 1.165) is 29.6 Å². The molecule has 0 saturated heterocycles. The fourth-order valence-corrected chi connectivity index (χ4v) is 3.02. The van der Waals surface area contributed by atoms with Crippen molar-refractivity contribution in [1.29, 1.82) is 0 Å². The van der Waals surface area contributed by atoms with Gasteiger partial charge in [0.15, 0.2) is 0 Å². The number of carbonyl (C=O) groups is 1. The number of nitrogens with zero attached hydrogens (tertiary/aromatic N) is 3. The smallest absolute Gasteiger partial charge is 0.246 e. The Labute approximate surface area is 127 Å². The largest absolute Gasteiger partial charge is 0.324 e. The molecule has 0 saturated carbocycles. The number of amides is 1. The van der Waals surface area contributed by atoms with Crippen molar-refractivity contribution in [2.75, 3.05) is 5.32 Å². The zero-order valence-corrected chi connectivity index (χ0v) is 12.1. The lowest BCUT2D eigenvalue weighted by atomic mass is 10.1. The number of hydrogen-bond donors (Lipinski definition) is 1. The Morgan fingerprint density at radius 3 is 2.95 bits per heavy atom. The first kappa shape index (κ1) is 13.0. The van der Waals surface area contributed by atoms with Crippen molar-refractivity contribution in [1.82, 2.24) is 15.0 Å². The Hall–Kier alpha value is -2.69. The highest BCUT2D eigenvalue weighted by molar-refractivity contribution is 5.91. The van der Waals surface area contributed by atoms with Gasteiger partial charge in [-0.1, -0.05) is 23.4 Å². The first-order valence-corrected chi connectivity index (χ1v) is 7.49. The van der Waals surface area contributed by atoms with E-state index in [1.165, 1.54) is 17.5 Å². The maximum absolute atomic E-state index is 12.2. The molecule has 1 aromatic heterocycles. The zero-order valence-electron chi connectivity index (χ0n) is 12.1. The van der Waals surface area contributed by atoms with Crippen LogP contribution in [0.25, 0.3) is 11.0 Å². The number of fused-ring (bicyclic) bond motifs is 2. The van der Waals surface area contributed by atoms with Gasteiger partial charge in [0.1, 0.15) is 12.1 Å². The van der Waals surface area contributed by atoms with Crippen LogP contribution in [0.1, 0.15) is 17.5 Å². The van der Waals surface area contributed by atoms with Crippen molar-refractivity contribution in [3.8, 4) is 0 Å². The van der Waals surface area contributed by atoms with Gasteiger partial charge < -0.3 is 5.32 Å². The second-order valence-electron chi connectivity index (χ2n) is 5.62. The normalized spacial score (nSPS) is 13.3. The van der Waals surface area contributed by atoms with E-state index in [-0.39, 0.29) is 12.5 Å². The highest BCUT2D eigenvalue weighted by Gasteiger charge is 2.13. The number of aryl methyl sites for hydroxylation is 2. The molecule has 110 valence electrons. The summed E-state index contributed by atoms with van der Waals surface area (Å²) in [6, 6.07) is 13.8. The van der Waals surface area contributed by atoms with Gasteiger partial charge in [-0.25, -0.2) is 4.68 Å². The lowest BCUT2D eigenvalue weighted by Gasteiger charge is -2.08. The third kappa shape index (κ3) is 2.35. The van der Waals surface area contributed by atoms with Gasteiger partial charge in [-0.05, 0) is 54.7 Å². The minimum atomic E-state index is -0.0893. The second-order valence-corrected chi connectivity index (χ2v) is 5.62. The van der Waals surface area contributed by atoms with E-state index >= 15 is 0 Å². The molecule has 1 aliphatic rings. The quantitative estimate of drug-likeness (QED) is 0.807. The van der Waals surface area contributed by atoms with Gasteiger partial charge in [-0.2, -0.15) is 0 Å². The molecule has 0 atom stereocenters. The van der Waals surface area contributed by atoms with E-state index in [9.17, 15) is 4.79 Å². The lowest BCUT2D eigenvalue weighted by molar-refractivity contribution is -0.116. The standard InChI is InChI=1S/C17H16N4O/c22-17(11-21-16-7-2-1-6-15(16)19-20-21)18-14-9-8-12-4-3-5-13(12)10-14/h1-2,6-10H,3-5,11H2,(H,18,22). The third-order valence-corrected chi connectivity index (χ3v) is 4.10. The van der Waals surface area contributed by atoms with Crippen LogP contribution in [0.3, 0.4) is 0 Å². The van der Waals surface area contributed by atoms with Crippen molar-refractivity contribution in [3.63, 3.8) is 0 Å². The average molecular weight is 292 g/mol. The van der Waals surface area contributed by atoms with Crippen LogP contribution in [0.4, 0.5) is 5.69 Å². The summed E-state index contributed by atoms with van der Waals surface area (Å²) in [7, 11) is 0. The topological polar surface area (TPSA) is 59.8 Å². The van der Waals surface area contributed by atoms with Crippen LogP contribution in [-0.2, 0) is 24.2 Å². The molecule has 2 aromatic carbocycles. The molecule has 0 spiro atoms. The fourth-order valence-electron chi connectivity index (χ4n) is 3.02. The van der Waals surface area contributed by atoms with Gasteiger partial charge >= 0.3 is 0 Å². The van der Waals surface area contributed by atoms with E-state index in [0.29, 0.717) is 0 Å². The van der Waals surface area contributed by atoms with Crippen LogP contribution >= 0.6 is 0 Å². The number of aromatic nitrogens is 3. The fraction of sp³-hybridized carbons (Fsp3) is 0.235. The average Bonchev–Trinajstić information content (AvgIpc) is 3.14. The number of anilines is 1. The molecule has 1 aliphatic carbocycles. The number of carbonyl (C=O) groups excluding carboxylic acids is 1. The molecule has 3 aromatic rings. The summed E-state index contributed by atoms with van der Waals surface area (Å²) >= 11 is 0. The maximum atomic E-state index is 12.2. The van der Waals surface area contributed by atoms with Crippen molar-refractivity contribution >= 4 is 22.6 Å². The third-order valence-electron chi connectivity index (χ3n) is 4.10. The minimum Gasteiger partial charge on any atom is -0.324 e. The first-order chi connectivity index (χ1) is 10.8. The molecule has 0 radical (unpaired) electrons.